The van der Waals surface area contributed by atoms with Crippen molar-refractivity contribution < 1.29 is 25.5 Å². The molecule has 6 nitrogen and oxygen atoms in total. The molecule has 2 heterocycles. The van der Waals surface area contributed by atoms with Crippen molar-refractivity contribution in [3.8, 4) is 0 Å². The maximum Gasteiger partial charge on any atom is 0.109 e. The molecule has 88 valence electrons. The maximum atomic E-state index is 9.62. The van der Waals surface area contributed by atoms with E-state index in [4.69, 9.17) is 0 Å². The van der Waals surface area contributed by atoms with Gasteiger partial charge >= 0.3 is 0 Å². The number of fused-ring (bicyclic) bond motifs is 2. The van der Waals surface area contributed by atoms with Crippen molar-refractivity contribution in [3.05, 3.63) is 0 Å². The van der Waals surface area contributed by atoms with Gasteiger partial charge in [-0.05, 0) is 12.8 Å². The van der Waals surface area contributed by atoms with Gasteiger partial charge in [0.1, 0.15) is 6.10 Å². The summed E-state index contributed by atoms with van der Waals surface area (Å²) in [5, 5.41) is 50.8. The van der Waals surface area contributed by atoms with Gasteiger partial charge < -0.3 is 30.8 Å². The van der Waals surface area contributed by atoms with E-state index in [0.29, 0.717) is 0 Å². The van der Waals surface area contributed by atoms with E-state index < -0.39 is 42.6 Å². The molecule has 3 unspecified atom stereocenters. The van der Waals surface area contributed by atoms with E-state index in [2.05, 4.69) is 5.32 Å². The lowest BCUT2D eigenvalue weighted by Gasteiger charge is -2.40. The van der Waals surface area contributed by atoms with E-state index in [1.54, 1.807) is 0 Å². The Morgan fingerprint density at radius 2 is 1.07 bits per heavy atom. The van der Waals surface area contributed by atoms with Gasteiger partial charge in [0, 0.05) is 12.1 Å². The molecule has 2 saturated heterocycles. The molecule has 2 aliphatic rings. The Bertz CT molecular complexity index is 217. The minimum Gasteiger partial charge on any atom is -0.390 e. The second-order valence-corrected chi connectivity index (χ2v) is 4.46. The summed E-state index contributed by atoms with van der Waals surface area (Å²) < 4.78 is 0. The predicted octanol–water partition coefficient (Wildman–Crippen LogP) is -3.07. The van der Waals surface area contributed by atoms with E-state index in [1.165, 1.54) is 0 Å². The third-order valence-corrected chi connectivity index (χ3v) is 3.39. The van der Waals surface area contributed by atoms with Gasteiger partial charge in [0.15, 0.2) is 0 Å². The number of hydrogen-bond donors (Lipinski definition) is 6. The molecule has 2 fully saturated rings. The smallest absolute Gasteiger partial charge is 0.109 e. The fourth-order valence-corrected chi connectivity index (χ4v) is 2.40. The van der Waals surface area contributed by atoms with Crippen molar-refractivity contribution in [1.29, 1.82) is 0 Å². The van der Waals surface area contributed by atoms with Crippen LogP contribution in [-0.2, 0) is 0 Å². The highest BCUT2D eigenvalue weighted by molar-refractivity contribution is 5.02. The number of rotatable bonds is 0. The van der Waals surface area contributed by atoms with Gasteiger partial charge in [-0.3, -0.25) is 0 Å². The molecule has 0 amide bonds. The maximum absolute atomic E-state index is 9.62. The number of aliphatic hydroxyl groups is 5. The molecule has 0 saturated carbocycles. The lowest BCUT2D eigenvalue weighted by molar-refractivity contribution is -0.113. The first-order chi connectivity index (χ1) is 7.00. The Kier molecular flexibility index (Phi) is 2.98. The summed E-state index contributed by atoms with van der Waals surface area (Å²) in [5.41, 5.74) is 0. The van der Waals surface area contributed by atoms with Gasteiger partial charge in [0.2, 0.25) is 0 Å². The summed E-state index contributed by atoms with van der Waals surface area (Å²) in [5.74, 6) is 0. The Morgan fingerprint density at radius 3 is 1.47 bits per heavy atom. The molecule has 7 atom stereocenters. The Morgan fingerprint density at radius 1 is 0.667 bits per heavy atom. The van der Waals surface area contributed by atoms with Crippen LogP contribution in [0.1, 0.15) is 12.8 Å². The zero-order valence-electron chi connectivity index (χ0n) is 8.19. The summed E-state index contributed by atoms with van der Waals surface area (Å²) in [6.07, 6.45) is -4.98. The third kappa shape index (κ3) is 1.89. The first-order valence-corrected chi connectivity index (χ1v) is 5.17. The summed E-state index contributed by atoms with van der Waals surface area (Å²) in [6.45, 7) is 0. The lowest BCUT2D eigenvalue weighted by atomic mass is 9.89. The molecule has 2 bridgehead atoms. The topological polar surface area (TPSA) is 113 Å². The van der Waals surface area contributed by atoms with Crippen LogP contribution in [0.2, 0.25) is 0 Å². The minimum atomic E-state index is -1.22. The molecule has 0 aromatic rings. The fourth-order valence-electron chi connectivity index (χ4n) is 2.40. The fraction of sp³-hybridized carbons (Fsp3) is 1.00. The quantitative estimate of drug-likeness (QED) is 0.258. The molecule has 0 radical (unpaired) electrons. The standard InChI is InChI=1S/C9H17NO5/c11-5-1-3-7(13)9(15)8(14)4(10-3)2-6(5)12/h3-15H,1-2H2/t3?,4?,5-,6+,7-,8+,9?. The van der Waals surface area contributed by atoms with Crippen LogP contribution < -0.4 is 5.32 Å². The zero-order chi connectivity index (χ0) is 11.2. The summed E-state index contributed by atoms with van der Waals surface area (Å²) in [7, 11) is 0. The number of piperidine rings is 1. The van der Waals surface area contributed by atoms with Crippen molar-refractivity contribution in [1.82, 2.24) is 5.32 Å². The first-order valence-electron chi connectivity index (χ1n) is 5.17. The highest BCUT2D eigenvalue weighted by atomic mass is 16.4. The monoisotopic (exact) mass is 219 g/mol. The molecule has 6 N–H and O–H groups in total. The molecular formula is C9H17NO5. The first kappa shape index (κ1) is 11.3. The Hall–Kier alpha value is -0.240. The molecule has 0 spiro atoms. The van der Waals surface area contributed by atoms with E-state index in [-0.39, 0.29) is 12.8 Å². The average Bonchev–Trinajstić information content (AvgIpc) is 2.33. The van der Waals surface area contributed by atoms with Crippen molar-refractivity contribution in [2.75, 3.05) is 0 Å². The van der Waals surface area contributed by atoms with Gasteiger partial charge in [0.25, 0.3) is 0 Å². The second-order valence-electron chi connectivity index (χ2n) is 4.46. The van der Waals surface area contributed by atoms with Crippen LogP contribution in [0.5, 0.6) is 0 Å². The van der Waals surface area contributed by atoms with Gasteiger partial charge in [-0.15, -0.1) is 0 Å². The Balaban J connectivity index is 2.19. The van der Waals surface area contributed by atoms with E-state index >= 15 is 0 Å². The molecule has 6 heteroatoms. The molecule has 2 aliphatic heterocycles. The second kappa shape index (κ2) is 3.97. The predicted molar refractivity (Wildman–Crippen MR) is 50.0 cm³/mol. The summed E-state index contributed by atoms with van der Waals surface area (Å²) in [6, 6.07) is -0.971. The lowest BCUT2D eigenvalue weighted by Crippen LogP contribution is -2.64. The van der Waals surface area contributed by atoms with Crippen molar-refractivity contribution in [2.24, 2.45) is 0 Å². The number of hydrogen-bond acceptors (Lipinski definition) is 6. The van der Waals surface area contributed by atoms with E-state index in [1.807, 2.05) is 0 Å². The molecule has 0 aromatic heterocycles. The minimum absolute atomic E-state index is 0.169. The molecule has 15 heavy (non-hydrogen) atoms. The van der Waals surface area contributed by atoms with Crippen LogP contribution in [0.25, 0.3) is 0 Å². The van der Waals surface area contributed by atoms with E-state index in [0.717, 1.165) is 0 Å². The number of aliphatic hydroxyl groups excluding tert-OH is 5. The van der Waals surface area contributed by atoms with Gasteiger partial charge in [-0.2, -0.15) is 0 Å². The Labute approximate surface area is 87.2 Å². The number of nitrogens with one attached hydrogen (secondary N) is 1. The molecule has 0 aliphatic carbocycles. The van der Waals surface area contributed by atoms with Crippen molar-refractivity contribution in [3.63, 3.8) is 0 Å². The van der Waals surface area contributed by atoms with E-state index in [9.17, 15) is 25.5 Å². The van der Waals surface area contributed by atoms with Crippen LogP contribution >= 0.6 is 0 Å². The SMILES string of the molecule is OC1[C@H](O)C2C[C@@H](O)[C@@H](O)CC(N2)[C@@H]1O. The van der Waals surface area contributed by atoms with Crippen LogP contribution in [0.4, 0.5) is 0 Å². The van der Waals surface area contributed by atoms with Gasteiger partial charge in [-0.25, -0.2) is 0 Å². The molecule has 0 aromatic carbocycles. The normalized spacial score (nSPS) is 56.2. The molecular weight excluding hydrogens is 202 g/mol. The van der Waals surface area contributed by atoms with Crippen LogP contribution in [0.3, 0.4) is 0 Å². The van der Waals surface area contributed by atoms with Crippen LogP contribution in [0.15, 0.2) is 0 Å². The average molecular weight is 219 g/mol. The van der Waals surface area contributed by atoms with Crippen LogP contribution in [-0.4, -0.2) is 68.1 Å². The van der Waals surface area contributed by atoms with Crippen molar-refractivity contribution in [2.45, 2.75) is 55.4 Å². The zero-order valence-corrected chi connectivity index (χ0v) is 8.19. The summed E-state index contributed by atoms with van der Waals surface area (Å²) in [4.78, 5) is 0. The van der Waals surface area contributed by atoms with Crippen molar-refractivity contribution >= 4 is 0 Å². The largest absolute Gasteiger partial charge is 0.390 e. The van der Waals surface area contributed by atoms with Gasteiger partial charge in [-0.1, -0.05) is 0 Å². The summed E-state index contributed by atoms with van der Waals surface area (Å²) >= 11 is 0. The van der Waals surface area contributed by atoms with Gasteiger partial charge in [0.05, 0.1) is 24.4 Å². The highest BCUT2D eigenvalue weighted by Gasteiger charge is 2.46. The highest BCUT2D eigenvalue weighted by Crippen LogP contribution is 2.26. The third-order valence-electron chi connectivity index (χ3n) is 3.39. The van der Waals surface area contributed by atoms with Crippen LogP contribution in [0, 0.1) is 0 Å². The molecule has 2 rings (SSSR count).